The Morgan fingerprint density at radius 1 is 1.25 bits per heavy atom. The Morgan fingerprint density at radius 2 is 1.83 bits per heavy atom. The Morgan fingerprint density at radius 3 is 2.25 bits per heavy atom. The number of rotatable bonds is 3. The van der Waals surface area contributed by atoms with Crippen molar-refractivity contribution >= 4 is 0 Å². The van der Waals surface area contributed by atoms with Gasteiger partial charge in [-0.05, 0) is 17.7 Å². The fourth-order valence-corrected chi connectivity index (χ4v) is 0.818. The molecule has 2 N–H and O–H groups in total. The van der Waals surface area contributed by atoms with Gasteiger partial charge in [0.2, 0.25) is 0 Å². The SMILES string of the molecule is C.COc1ccc(CON)cc1. The van der Waals surface area contributed by atoms with Crippen molar-refractivity contribution in [3.05, 3.63) is 29.8 Å². The van der Waals surface area contributed by atoms with Gasteiger partial charge in [0.1, 0.15) is 5.75 Å². The molecule has 0 radical (unpaired) electrons. The first-order valence-corrected chi connectivity index (χ1v) is 3.31. The molecule has 3 nitrogen and oxygen atoms in total. The molecule has 0 saturated heterocycles. The standard InChI is InChI=1S/C8H11NO2.CH4/c1-10-8-4-2-7(3-5-8)6-11-9;/h2-5H,6,9H2,1H3;1H4. The Bertz CT molecular complexity index is 208. The van der Waals surface area contributed by atoms with E-state index in [4.69, 9.17) is 10.6 Å². The van der Waals surface area contributed by atoms with Crippen LogP contribution in [0.3, 0.4) is 0 Å². The van der Waals surface area contributed by atoms with Crippen molar-refractivity contribution < 1.29 is 9.57 Å². The molecule has 3 heteroatoms. The van der Waals surface area contributed by atoms with E-state index in [1.165, 1.54) is 0 Å². The van der Waals surface area contributed by atoms with Crippen LogP contribution < -0.4 is 10.6 Å². The van der Waals surface area contributed by atoms with E-state index < -0.39 is 0 Å². The fraction of sp³-hybridized carbons (Fsp3) is 0.333. The second-order valence-corrected chi connectivity index (χ2v) is 2.16. The van der Waals surface area contributed by atoms with Gasteiger partial charge in [0.05, 0.1) is 13.7 Å². The third-order valence-electron chi connectivity index (χ3n) is 1.41. The van der Waals surface area contributed by atoms with Crippen molar-refractivity contribution in [3.8, 4) is 5.75 Å². The number of ether oxygens (including phenoxy) is 1. The quantitative estimate of drug-likeness (QED) is 0.701. The van der Waals surface area contributed by atoms with Gasteiger partial charge in [0, 0.05) is 0 Å². The second kappa shape index (κ2) is 5.57. The lowest BCUT2D eigenvalue weighted by molar-refractivity contribution is 0.124. The minimum atomic E-state index is 0. The Labute approximate surface area is 73.1 Å². The lowest BCUT2D eigenvalue weighted by Crippen LogP contribution is -1.98. The maximum absolute atomic E-state index is 4.98. The van der Waals surface area contributed by atoms with Gasteiger partial charge in [-0.25, -0.2) is 5.90 Å². The van der Waals surface area contributed by atoms with Crippen LogP contribution in [0.25, 0.3) is 0 Å². The normalized spacial score (nSPS) is 8.83. The molecule has 1 aromatic carbocycles. The topological polar surface area (TPSA) is 44.5 Å². The largest absolute Gasteiger partial charge is 0.497 e. The van der Waals surface area contributed by atoms with Crippen molar-refractivity contribution in [2.75, 3.05) is 7.11 Å². The lowest BCUT2D eigenvalue weighted by atomic mass is 10.2. The van der Waals surface area contributed by atoms with Gasteiger partial charge in [0.15, 0.2) is 0 Å². The highest BCUT2D eigenvalue weighted by Gasteiger charge is 1.91. The minimum Gasteiger partial charge on any atom is -0.497 e. The predicted octanol–water partition coefficient (Wildman–Crippen LogP) is 1.72. The zero-order valence-corrected chi connectivity index (χ0v) is 6.41. The molecule has 68 valence electrons. The summed E-state index contributed by atoms with van der Waals surface area (Å²) in [5.74, 6) is 5.74. The van der Waals surface area contributed by atoms with E-state index in [0.29, 0.717) is 6.61 Å². The number of methoxy groups -OCH3 is 1. The molecule has 1 aromatic rings. The lowest BCUT2D eigenvalue weighted by Gasteiger charge is -2.00. The average molecular weight is 169 g/mol. The van der Waals surface area contributed by atoms with Crippen molar-refractivity contribution in [1.82, 2.24) is 0 Å². The summed E-state index contributed by atoms with van der Waals surface area (Å²) in [6.07, 6.45) is 0. The van der Waals surface area contributed by atoms with Gasteiger partial charge in [-0.15, -0.1) is 0 Å². The van der Waals surface area contributed by atoms with Gasteiger partial charge < -0.3 is 4.74 Å². The molecule has 0 heterocycles. The molecule has 12 heavy (non-hydrogen) atoms. The van der Waals surface area contributed by atoms with Crippen LogP contribution in [0, 0.1) is 0 Å². The van der Waals surface area contributed by atoms with Crippen molar-refractivity contribution in [2.24, 2.45) is 5.90 Å². The zero-order chi connectivity index (χ0) is 8.10. The summed E-state index contributed by atoms with van der Waals surface area (Å²) in [5.41, 5.74) is 1.04. The highest BCUT2D eigenvalue weighted by molar-refractivity contribution is 5.26. The molecule has 0 atom stereocenters. The van der Waals surface area contributed by atoms with Crippen LogP contribution in [0.4, 0.5) is 0 Å². The molecule has 0 amide bonds. The molecule has 0 aliphatic rings. The molecule has 0 fully saturated rings. The average Bonchev–Trinajstić information content (AvgIpc) is 2.07. The number of hydrogen-bond donors (Lipinski definition) is 1. The third kappa shape index (κ3) is 2.90. The number of hydrogen-bond acceptors (Lipinski definition) is 3. The van der Waals surface area contributed by atoms with Gasteiger partial charge in [-0.1, -0.05) is 19.6 Å². The molecular formula is C9H15NO2. The molecule has 0 aliphatic heterocycles. The molecule has 0 bridgehead atoms. The summed E-state index contributed by atoms with van der Waals surface area (Å²) < 4.78 is 4.98. The van der Waals surface area contributed by atoms with E-state index in [2.05, 4.69) is 4.84 Å². The Kier molecular flexibility index (Phi) is 5.08. The summed E-state index contributed by atoms with van der Waals surface area (Å²) >= 11 is 0. The fourth-order valence-electron chi connectivity index (χ4n) is 0.818. The highest BCUT2D eigenvalue weighted by atomic mass is 16.6. The summed E-state index contributed by atoms with van der Waals surface area (Å²) in [5, 5.41) is 0. The number of benzene rings is 1. The minimum absolute atomic E-state index is 0. The molecule has 0 aliphatic carbocycles. The van der Waals surface area contributed by atoms with Crippen LogP contribution in [-0.4, -0.2) is 7.11 Å². The van der Waals surface area contributed by atoms with Crippen LogP contribution in [0.15, 0.2) is 24.3 Å². The van der Waals surface area contributed by atoms with Gasteiger partial charge in [0.25, 0.3) is 0 Å². The van der Waals surface area contributed by atoms with Crippen molar-refractivity contribution in [1.29, 1.82) is 0 Å². The van der Waals surface area contributed by atoms with Crippen LogP contribution in [-0.2, 0) is 11.4 Å². The Hall–Kier alpha value is -1.06. The van der Waals surface area contributed by atoms with Crippen molar-refractivity contribution in [3.63, 3.8) is 0 Å². The summed E-state index contributed by atoms with van der Waals surface area (Å²) in [6.45, 7) is 0.435. The highest BCUT2D eigenvalue weighted by Crippen LogP contribution is 2.11. The molecule has 0 spiro atoms. The van der Waals surface area contributed by atoms with Crippen LogP contribution >= 0.6 is 0 Å². The smallest absolute Gasteiger partial charge is 0.118 e. The van der Waals surface area contributed by atoms with Crippen molar-refractivity contribution in [2.45, 2.75) is 14.0 Å². The van der Waals surface area contributed by atoms with Crippen LogP contribution in [0.5, 0.6) is 5.75 Å². The molecule has 1 rings (SSSR count). The van der Waals surface area contributed by atoms with E-state index in [1.54, 1.807) is 7.11 Å². The molecular weight excluding hydrogens is 154 g/mol. The van der Waals surface area contributed by atoms with E-state index in [0.717, 1.165) is 11.3 Å². The third-order valence-corrected chi connectivity index (χ3v) is 1.41. The van der Waals surface area contributed by atoms with E-state index in [9.17, 15) is 0 Å². The maximum Gasteiger partial charge on any atom is 0.118 e. The monoisotopic (exact) mass is 169 g/mol. The van der Waals surface area contributed by atoms with Gasteiger partial charge >= 0.3 is 0 Å². The first-order valence-electron chi connectivity index (χ1n) is 3.31. The first-order chi connectivity index (χ1) is 5.36. The van der Waals surface area contributed by atoms with E-state index in [-0.39, 0.29) is 7.43 Å². The van der Waals surface area contributed by atoms with Crippen LogP contribution in [0.1, 0.15) is 13.0 Å². The first kappa shape index (κ1) is 10.9. The Balaban J connectivity index is 0.00000121. The molecule has 0 unspecified atom stereocenters. The zero-order valence-electron chi connectivity index (χ0n) is 6.41. The van der Waals surface area contributed by atoms with Crippen LogP contribution in [0.2, 0.25) is 0 Å². The van der Waals surface area contributed by atoms with E-state index >= 15 is 0 Å². The summed E-state index contributed by atoms with van der Waals surface area (Å²) in [7, 11) is 1.63. The van der Waals surface area contributed by atoms with Gasteiger partial charge in [-0.3, -0.25) is 4.84 Å². The molecule has 0 aromatic heterocycles. The van der Waals surface area contributed by atoms with E-state index in [1.807, 2.05) is 24.3 Å². The molecule has 0 saturated carbocycles. The maximum atomic E-state index is 4.98. The van der Waals surface area contributed by atoms with Gasteiger partial charge in [-0.2, -0.15) is 0 Å². The summed E-state index contributed by atoms with van der Waals surface area (Å²) in [4.78, 5) is 4.46. The number of nitrogens with two attached hydrogens (primary N) is 1. The summed E-state index contributed by atoms with van der Waals surface area (Å²) in [6, 6.07) is 7.56. The second-order valence-electron chi connectivity index (χ2n) is 2.16. The predicted molar refractivity (Wildman–Crippen MR) is 48.7 cm³/mol.